The second-order valence-corrected chi connectivity index (χ2v) is 6.95. The standard InChI is InChI=1S/C16H28O7S.Na/c1-3-5-7-8-9-10-12-23-16(18)14(24(19,20)21)13-15(17)22-11-6-4-2;/h6,11,14H,3-5,7-10,12-13H2,1-2H3,(H,19,20,21);/q;+1/p-1/b11-6+;. The van der Waals surface area contributed by atoms with Crippen molar-refractivity contribution in [1.82, 2.24) is 0 Å². The second kappa shape index (κ2) is 15.8. The minimum Gasteiger partial charge on any atom is -0.747 e. The predicted molar refractivity (Wildman–Crippen MR) is 88.0 cm³/mol. The van der Waals surface area contributed by atoms with E-state index in [-0.39, 0.29) is 36.2 Å². The smallest absolute Gasteiger partial charge is 0.747 e. The molecule has 0 amide bonds. The minimum atomic E-state index is -4.99. The molecule has 0 heterocycles. The van der Waals surface area contributed by atoms with Crippen LogP contribution in [0.4, 0.5) is 0 Å². The van der Waals surface area contributed by atoms with Crippen LogP contribution in [0.5, 0.6) is 0 Å². The molecule has 0 aromatic carbocycles. The number of carbonyl (C=O) groups is 2. The first-order valence-electron chi connectivity index (χ1n) is 8.28. The van der Waals surface area contributed by atoms with Gasteiger partial charge in [-0.3, -0.25) is 9.59 Å². The molecule has 140 valence electrons. The number of unbranched alkanes of at least 4 members (excludes halogenated alkanes) is 5. The molecule has 0 rings (SSSR count). The number of hydrogen-bond acceptors (Lipinski definition) is 7. The van der Waals surface area contributed by atoms with E-state index < -0.39 is 33.7 Å². The van der Waals surface area contributed by atoms with Crippen LogP contribution in [0.25, 0.3) is 0 Å². The van der Waals surface area contributed by atoms with Crippen LogP contribution in [0, 0.1) is 0 Å². The molecular weight excluding hydrogens is 359 g/mol. The van der Waals surface area contributed by atoms with E-state index in [0.717, 1.165) is 38.4 Å². The fraction of sp³-hybridized carbons (Fsp3) is 0.750. The van der Waals surface area contributed by atoms with Crippen LogP contribution in [0.15, 0.2) is 12.3 Å². The molecule has 0 fully saturated rings. The van der Waals surface area contributed by atoms with Gasteiger partial charge >= 0.3 is 41.5 Å². The molecule has 1 atom stereocenters. The Balaban J connectivity index is 0. The maximum absolute atomic E-state index is 11.8. The molecule has 0 aromatic rings. The minimum absolute atomic E-state index is 0. The van der Waals surface area contributed by atoms with Gasteiger partial charge in [-0.05, 0) is 18.9 Å². The van der Waals surface area contributed by atoms with Gasteiger partial charge in [0, 0.05) is 0 Å². The maximum atomic E-state index is 11.8. The Morgan fingerprint density at radius 1 is 1.08 bits per heavy atom. The molecule has 0 radical (unpaired) electrons. The van der Waals surface area contributed by atoms with Gasteiger partial charge in [-0.15, -0.1) is 0 Å². The zero-order valence-corrected chi connectivity index (χ0v) is 18.2. The van der Waals surface area contributed by atoms with Gasteiger partial charge in [-0.1, -0.05) is 46.0 Å². The van der Waals surface area contributed by atoms with Crippen LogP contribution in [0.1, 0.15) is 65.2 Å². The first-order chi connectivity index (χ1) is 11.3. The number of allylic oxidation sites excluding steroid dienone is 1. The van der Waals surface area contributed by atoms with Crippen molar-refractivity contribution in [3.05, 3.63) is 12.3 Å². The number of carbonyl (C=O) groups excluding carboxylic acids is 2. The summed E-state index contributed by atoms with van der Waals surface area (Å²) in [5.74, 6) is -2.17. The Bertz CT molecular complexity index is 503. The number of ether oxygens (including phenoxy) is 2. The van der Waals surface area contributed by atoms with E-state index in [0.29, 0.717) is 12.8 Å². The molecular formula is C16H27NaO7S. The average molecular weight is 386 g/mol. The quantitative estimate of drug-likeness (QED) is 0.140. The summed E-state index contributed by atoms with van der Waals surface area (Å²) in [6, 6.07) is 0. The van der Waals surface area contributed by atoms with Crippen LogP contribution in [0.3, 0.4) is 0 Å². The largest absolute Gasteiger partial charge is 1.00 e. The Labute approximate surface area is 172 Å². The van der Waals surface area contributed by atoms with Gasteiger partial charge in [-0.2, -0.15) is 0 Å². The van der Waals surface area contributed by atoms with E-state index in [4.69, 9.17) is 4.74 Å². The molecule has 7 nitrogen and oxygen atoms in total. The Morgan fingerprint density at radius 2 is 1.68 bits per heavy atom. The summed E-state index contributed by atoms with van der Waals surface area (Å²) in [6.45, 7) is 3.95. The first kappa shape index (κ1) is 26.8. The van der Waals surface area contributed by atoms with Gasteiger partial charge in [0.05, 0.1) is 19.3 Å². The van der Waals surface area contributed by atoms with Crippen LogP contribution in [0.2, 0.25) is 0 Å². The second-order valence-electron chi connectivity index (χ2n) is 5.39. The third kappa shape index (κ3) is 14.4. The van der Waals surface area contributed by atoms with Crippen molar-refractivity contribution in [2.75, 3.05) is 6.61 Å². The summed E-state index contributed by atoms with van der Waals surface area (Å²) in [7, 11) is -4.99. The normalized spacial score (nSPS) is 12.4. The van der Waals surface area contributed by atoms with Gasteiger partial charge in [0.25, 0.3) is 0 Å². The van der Waals surface area contributed by atoms with Crippen molar-refractivity contribution in [1.29, 1.82) is 0 Å². The molecule has 0 N–H and O–H groups in total. The van der Waals surface area contributed by atoms with Crippen molar-refractivity contribution >= 4 is 22.1 Å². The zero-order chi connectivity index (χ0) is 18.4. The molecule has 0 bridgehead atoms. The fourth-order valence-electron chi connectivity index (χ4n) is 1.87. The molecule has 0 aromatic heterocycles. The third-order valence-electron chi connectivity index (χ3n) is 3.24. The van der Waals surface area contributed by atoms with Gasteiger partial charge in [0.1, 0.15) is 10.1 Å². The molecule has 0 spiro atoms. The van der Waals surface area contributed by atoms with Crippen molar-refractivity contribution in [2.24, 2.45) is 0 Å². The van der Waals surface area contributed by atoms with E-state index in [9.17, 15) is 22.6 Å². The van der Waals surface area contributed by atoms with E-state index in [1.807, 2.05) is 6.92 Å². The van der Waals surface area contributed by atoms with Gasteiger partial charge in [0.15, 0.2) is 5.25 Å². The van der Waals surface area contributed by atoms with E-state index in [2.05, 4.69) is 11.7 Å². The van der Waals surface area contributed by atoms with Gasteiger partial charge in [-0.25, -0.2) is 8.42 Å². The van der Waals surface area contributed by atoms with Crippen LogP contribution in [-0.4, -0.2) is 36.8 Å². The van der Waals surface area contributed by atoms with Crippen molar-refractivity contribution < 1.29 is 61.6 Å². The predicted octanol–water partition coefficient (Wildman–Crippen LogP) is -0.335. The summed E-state index contributed by atoms with van der Waals surface area (Å²) in [5.41, 5.74) is 0. The summed E-state index contributed by atoms with van der Waals surface area (Å²) >= 11 is 0. The van der Waals surface area contributed by atoms with Crippen molar-refractivity contribution in [3.63, 3.8) is 0 Å². The number of hydrogen-bond donors (Lipinski definition) is 0. The number of esters is 2. The SMILES string of the molecule is CC/C=C/OC(=O)CC(C(=O)OCCCCCCCC)S(=O)(=O)[O-].[Na+]. The van der Waals surface area contributed by atoms with Crippen molar-refractivity contribution in [3.8, 4) is 0 Å². The van der Waals surface area contributed by atoms with Crippen LogP contribution >= 0.6 is 0 Å². The van der Waals surface area contributed by atoms with Crippen LogP contribution < -0.4 is 29.6 Å². The van der Waals surface area contributed by atoms with E-state index in [1.54, 1.807) is 0 Å². The molecule has 0 saturated carbocycles. The first-order valence-corrected chi connectivity index (χ1v) is 9.75. The molecule has 0 aliphatic rings. The molecule has 0 saturated heterocycles. The van der Waals surface area contributed by atoms with Crippen LogP contribution in [-0.2, 0) is 29.2 Å². The Morgan fingerprint density at radius 3 is 2.24 bits per heavy atom. The third-order valence-corrected chi connectivity index (χ3v) is 4.29. The molecule has 1 unspecified atom stereocenters. The summed E-state index contributed by atoms with van der Waals surface area (Å²) < 4.78 is 42.9. The Hall–Kier alpha value is -0.410. The average Bonchev–Trinajstić information content (AvgIpc) is 2.50. The fourth-order valence-corrected chi connectivity index (χ4v) is 2.52. The van der Waals surface area contributed by atoms with E-state index >= 15 is 0 Å². The zero-order valence-electron chi connectivity index (χ0n) is 15.4. The summed E-state index contributed by atoms with van der Waals surface area (Å²) in [4.78, 5) is 23.2. The Kier molecular flexibility index (Phi) is 17.0. The monoisotopic (exact) mass is 386 g/mol. The number of rotatable bonds is 13. The van der Waals surface area contributed by atoms with Crippen molar-refractivity contribution in [2.45, 2.75) is 70.5 Å². The summed E-state index contributed by atoms with van der Waals surface area (Å²) in [5, 5.41) is -2.07. The molecule has 0 aliphatic heterocycles. The van der Waals surface area contributed by atoms with Gasteiger partial charge in [0.2, 0.25) is 0 Å². The molecule has 0 aliphatic carbocycles. The topological polar surface area (TPSA) is 110 Å². The summed E-state index contributed by atoms with van der Waals surface area (Å²) in [6.07, 6.45) is 8.22. The van der Waals surface area contributed by atoms with Gasteiger partial charge < -0.3 is 14.0 Å². The maximum Gasteiger partial charge on any atom is 1.00 e. The van der Waals surface area contributed by atoms with E-state index in [1.165, 1.54) is 6.08 Å². The molecule has 25 heavy (non-hydrogen) atoms. The molecule has 9 heteroatoms.